The third kappa shape index (κ3) is 3.25. The number of amides is 2. The number of halogens is 2. The van der Waals surface area contributed by atoms with Crippen LogP contribution in [0.2, 0.25) is 0 Å². The van der Waals surface area contributed by atoms with E-state index in [9.17, 15) is 13.6 Å². The summed E-state index contributed by atoms with van der Waals surface area (Å²) in [6, 6.07) is 3.03. The predicted molar refractivity (Wildman–Crippen MR) is 73.7 cm³/mol. The average Bonchev–Trinajstić information content (AvgIpc) is 2.31. The molecule has 2 amide bonds. The van der Waals surface area contributed by atoms with Gasteiger partial charge in [-0.2, -0.15) is 0 Å². The fraction of sp³-hybridized carbons (Fsp3) is 0.500. The normalized spacial score (nSPS) is 15.3. The summed E-state index contributed by atoms with van der Waals surface area (Å²) >= 11 is 0. The van der Waals surface area contributed by atoms with E-state index in [1.165, 1.54) is 0 Å². The molecular formula is C14H19F2N3O. The minimum Gasteiger partial charge on any atom is -0.321 e. The molecule has 1 aliphatic rings. The highest BCUT2D eigenvalue weighted by atomic mass is 19.1. The number of nitrogens with one attached hydrogen (secondary N) is 1. The number of urea groups is 1. The molecule has 0 atom stereocenters. The minimum absolute atomic E-state index is 0.138. The van der Waals surface area contributed by atoms with Crippen molar-refractivity contribution < 1.29 is 13.6 Å². The Bertz CT molecular complexity index is 465. The third-order valence-corrected chi connectivity index (χ3v) is 3.59. The smallest absolute Gasteiger partial charge is 0.321 e. The third-order valence-electron chi connectivity index (χ3n) is 3.59. The van der Waals surface area contributed by atoms with Crippen molar-refractivity contribution in [3.63, 3.8) is 0 Å². The molecule has 1 N–H and O–H groups in total. The summed E-state index contributed by atoms with van der Waals surface area (Å²) in [5.41, 5.74) is 0.138. The lowest BCUT2D eigenvalue weighted by Crippen LogP contribution is -2.61. The minimum atomic E-state index is -0.704. The second kappa shape index (κ2) is 6.17. The van der Waals surface area contributed by atoms with Crippen LogP contribution in [-0.4, -0.2) is 48.1 Å². The van der Waals surface area contributed by atoms with Crippen molar-refractivity contribution in [3.8, 4) is 0 Å². The molecule has 1 heterocycles. The van der Waals surface area contributed by atoms with Crippen LogP contribution < -0.4 is 5.32 Å². The Balaban J connectivity index is 1.88. The predicted octanol–water partition coefficient (Wildman–Crippen LogP) is 2.52. The fourth-order valence-corrected chi connectivity index (χ4v) is 2.42. The van der Waals surface area contributed by atoms with Crippen LogP contribution in [0.3, 0.4) is 0 Å². The van der Waals surface area contributed by atoms with Gasteiger partial charge in [0.1, 0.15) is 11.6 Å². The summed E-state index contributed by atoms with van der Waals surface area (Å²) in [4.78, 5) is 15.8. The number of rotatable bonds is 4. The number of hydrogen-bond acceptors (Lipinski definition) is 2. The van der Waals surface area contributed by atoms with Crippen LogP contribution in [0, 0.1) is 11.6 Å². The van der Waals surface area contributed by atoms with E-state index in [0.29, 0.717) is 19.1 Å². The van der Waals surface area contributed by atoms with Gasteiger partial charge < -0.3 is 10.2 Å². The SMILES string of the molecule is CCN(CC)C1CN(C(=O)Nc2cc(F)cc(F)c2)C1. The maximum Gasteiger partial charge on any atom is 0.321 e. The van der Waals surface area contributed by atoms with E-state index in [2.05, 4.69) is 24.1 Å². The lowest BCUT2D eigenvalue weighted by atomic mass is 10.1. The lowest BCUT2D eigenvalue weighted by molar-refractivity contribution is 0.0685. The van der Waals surface area contributed by atoms with Gasteiger partial charge in [0.25, 0.3) is 0 Å². The van der Waals surface area contributed by atoms with E-state index in [4.69, 9.17) is 0 Å². The number of likely N-dealkylation sites (N-methyl/N-ethyl adjacent to an activating group) is 1. The second-order valence-corrected chi connectivity index (χ2v) is 4.87. The molecule has 1 saturated heterocycles. The maximum absolute atomic E-state index is 13.0. The molecule has 0 spiro atoms. The quantitative estimate of drug-likeness (QED) is 0.921. The summed E-state index contributed by atoms with van der Waals surface area (Å²) in [7, 11) is 0. The van der Waals surface area contributed by atoms with Gasteiger partial charge in [0.15, 0.2) is 0 Å². The molecular weight excluding hydrogens is 264 g/mol. The van der Waals surface area contributed by atoms with Gasteiger partial charge in [-0.05, 0) is 25.2 Å². The van der Waals surface area contributed by atoms with Crippen LogP contribution in [-0.2, 0) is 0 Å². The Labute approximate surface area is 117 Å². The van der Waals surface area contributed by atoms with Gasteiger partial charge in [0, 0.05) is 30.9 Å². The Kier molecular flexibility index (Phi) is 4.54. The van der Waals surface area contributed by atoms with Crippen LogP contribution in [0.4, 0.5) is 19.3 Å². The van der Waals surface area contributed by atoms with Gasteiger partial charge in [-0.15, -0.1) is 0 Å². The first-order valence-electron chi connectivity index (χ1n) is 6.79. The number of hydrogen-bond donors (Lipinski definition) is 1. The van der Waals surface area contributed by atoms with Crippen molar-refractivity contribution in [2.75, 3.05) is 31.5 Å². The summed E-state index contributed by atoms with van der Waals surface area (Å²) in [5.74, 6) is -1.41. The molecule has 0 radical (unpaired) electrons. The Morgan fingerprint density at radius 3 is 2.30 bits per heavy atom. The lowest BCUT2D eigenvalue weighted by Gasteiger charge is -2.44. The molecule has 0 unspecified atom stereocenters. The first-order chi connectivity index (χ1) is 9.53. The van der Waals surface area contributed by atoms with E-state index in [1.807, 2.05) is 0 Å². The van der Waals surface area contributed by atoms with Crippen molar-refractivity contribution in [3.05, 3.63) is 29.8 Å². The van der Waals surface area contributed by atoms with Gasteiger partial charge in [0.2, 0.25) is 0 Å². The standard InChI is InChI=1S/C14H19F2N3O/c1-3-18(4-2)13-8-19(9-13)14(20)17-12-6-10(15)5-11(16)7-12/h5-7,13H,3-4,8-9H2,1-2H3,(H,17,20). The van der Waals surface area contributed by atoms with Crippen molar-refractivity contribution in [1.82, 2.24) is 9.80 Å². The van der Waals surface area contributed by atoms with Gasteiger partial charge in [-0.1, -0.05) is 13.8 Å². The van der Waals surface area contributed by atoms with E-state index < -0.39 is 11.6 Å². The largest absolute Gasteiger partial charge is 0.321 e. The molecule has 1 aliphatic heterocycles. The van der Waals surface area contributed by atoms with Gasteiger partial charge in [0.05, 0.1) is 0 Å². The van der Waals surface area contributed by atoms with Crippen LogP contribution in [0.1, 0.15) is 13.8 Å². The average molecular weight is 283 g/mol. The van der Waals surface area contributed by atoms with Gasteiger partial charge in [-0.25, -0.2) is 13.6 Å². The molecule has 20 heavy (non-hydrogen) atoms. The molecule has 2 rings (SSSR count). The number of benzene rings is 1. The van der Waals surface area contributed by atoms with Crippen molar-refractivity contribution >= 4 is 11.7 Å². The van der Waals surface area contributed by atoms with Gasteiger partial charge >= 0.3 is 6.03 Å². The highest BCUT2D eigenvalue weighted by Gasteiger charge is 2.33. The summed E-state index contributed by atoms with van der Waals surface area (Å²) in [5, 5.41) is 2.51. The Morgan fingerprint density at radius 1 is 1.25 bits per heavy atom. The fourth-order valence-electron chi connectivity index (χ4n) is 2.42. The van der Waals surface area contributed by atoms with Crippen LogP contribution >= 0.6 is 0 Å². The highest BCUT2D eigenvalue weighted by Crippen LogP contribution is 2.18. The summed E-state index contributed by atoms with van der Waals surface area (Å²) in [6.07, 6.45) is 0. The highest BCUT2D eigenvalue weighted by molar-refractivity contribution is 5.89. The molecule has 110 valence electrons. The van der Waals surface area contributed by atoms with E-state index >= 15 is 0 Å². The molecule has 0 aliphatic carbocycles. The number of nitrogens with zero attached hydrogens (tertiary/aromatic N) is 2. The molecule has 1 aromatic rings. The molecule has 4 nitrogen and oxygen atoms in total. The zero-order chi connectivity index (χ0) is 14.7. The molecule has 0 saturated carbocycles. The first-order valence-corrected chi connectivity index (χ1v) is 6.79. The first kappa shape index (κ1) is 14.7. The Hall–Kier alpha value is -1.69. The maximum atomic E-state index is 13.0. The summed E-state index contributed by atoms with van der Waals surface area (Å²) in [6.45, 7) is 7.36. The Morgan fingerprint density at radius 2 is 1.80 bits per heavy atom. The van der Waals surface area contributed by atoms with E-state index in [1.54, 1.807) is 4.90 Å². The molecule has 0 bridgehead atoms. The van der Waals surface area contributed by atoms with E-state index in [-0.39, 0.29) is 11.7 Å². The van der Waals surface area contributed by atoms with Crippen LogP contribution in [0.5, 0.6) is 0 Å². The number of carbonyl (C=O) groups is 1. The zero-order valence-corrected chi connectivity index (χ0v) is 11.7. The molecule has 0 aromatic heterocycles. The number of anilines is 1. The van der Waals surface area contributed by atoms with E-state index in [0.717, 1.165) is 31.3 Å². The zero-order valence-electron chi connectivity index (χ0n) is 11.7. The van der Waals surface area contributed by atoms with Crippen LogP contribution in [0.15, 0.2) is 18.2 Å². The monoisotopic (exact) mass is 283 g/mol. The molecule has 1 fully saturated rings. The molecule has 6 heteroatoms. The number of likely N-dealkylation sites (tertiary alicyclic amines) is 1. The van der Waals surface area contributed by atoms with Crippen molar-refractivity contribution in [2.24, 2.45) is 0 Å². The van der Waals surface area contributed by atoms with Crippen molar-refractivity contribution in [2.45, 2.75) is 19.9 Å². The van der Waals surface area contributed by atoms with Crippen LogP contribution in [0.25, 0.3) is 0 Å². The second-order valence-electron chi connectivity index (χ2n) is 4.87. The number of carbonyl (C=O) groups excluding carboxylic acids is 1. The molecule has 1 aromatic carbocycles. The summed E-state index contributed by atoms with van der Waals surface area (Å²) < 4.78 is 26.0. The van der Waals surface area contributed by atoms with Gasteiger partial charge in [-0.3, -0.25) is 4.90 Å². The topological polar surface area (TPSA) is 35.6 Å². The van der Waals surface area contributed by atoms with Crippen molar-refractivity contribution in [1.29, 1.82) is 0 Å².